The molecule has 0 amide bonds. The Balaban J connectivity index is 2.43. The number of hydrogen-bond donors (Lipinski definition) is 1. The molecule has 0 saturated heterocycles. The second kappa shape index (κ2) is 4.20. The van der Waals surface area contributed by atoms with E-state index in [0.717, 1.165) is 6.54 Å². The van der Waals surface area contributed by atoms with Crippen LogP contribution in [0.15, 0.2) is 10.9 Å². The first-order valence-corrected chi connectivity index (χ1v) is 4.35. The van der Waals surface area contributed by atoms with Crippen molar-refractivity contribution < 1.29 is 4.79 Å². The maximum atomic E-state index is 11.2. The third-order valence-corrected chi connectivity index (χ3v) is 1.91. The molecule has 1 aromatic heterocycles. The van der Waals surface area contributed by atoms with E-state index in [1.807, 2.05) is 7.05 Å². The molecule has 0 aliphatic heterocycles. The van der Waals surface area contributed by atoms with Crippen LogP contribution in [0.3, 0.4) is 0 Å². The summed E-state index contributed by atoms with van der Waals surface area (Å²) >= 11 is 1.45. The Bertz CT molecular complexity index is 220. The molecule has 0 aliphatic rings. The molecule has 0 bridgehead atoms. The second-order valence-electron chi connectivity index (χ2n) is 2.15. The molecule has 0 unspecified atom stereocenters. The molecule has 1 aromatic rings. The van der Waals surface area contributed by atoms with Crippen molar-refractivity contribution in [2.24, 2.45) is 0 Å². The van der Waals surface area contributed by atoms with Crippen molar-refractivity contribution in [3.05, 3.63) is 16.6 Å². The smallest absolute Gasteiger partial charge is 0.183 e. The Hall–Kier alpha value is -0.740. The largest absolute Gasteiger partial charge is 0.319 e. The zero-order valence-corrected chi connectivity index (χ0v) is 7.15. The van der Waals surface area contributed by atoms with Crippen LogP contribution in [0.25, 0.3) is 0 Å². The van der Waals surface area contributed by atoms with Gasteiger partial charge in [-0.1, -0.05) is 0 Å². The van der Waals surface area contributed by atoms with Gasteiger partial charge < -0.3 is 5.32 Å². The standard InChI is InChI=1S/C7H10N2OS/c1-8-3-2-7(10)6-4-11-5-9-6/h4-5,8H,2-3H2,1H3. The van der Waals surface area contributed by atoms with Crippen molar-refractivity contribution in [3.8, 4) is 0 Å². The topological polar surface area (TPSA) is 42.0 Å². The van der Waals surface area contributed by atoms with Gasteiger partial charge in [-0.15, -0.1) is 11.3 Å². The van der Waals surface area contributed by atoms with Crippen LogP contribution in [-0.4, -0.2) is 24.4 Å². The number of ketones is 1. The molecule has 0 aromatic carbocycles. The van der Waals surface area contributed by atoms with Crippen LogP contribution in [-0.2, 0) is 0 Å². The summed E-state index contributed by atoms with van der Waals surface area (Å²) in [6.45, 7) is 0.719. The normalized spacial score (nSPS) is 9.91. The summed E-state index contributed by atoms with van der Waals surface area (Å²) < 4.78 is 0. The number of carbonyl (C=O) groups excluding carboxylic acids is 1. The average Bonchev–Trinajstić information content (AvgIpc) is 2.52. The Labute approximate surface area is 69.5 Å². The van der Waals surface area contributed by atoms with Crippen molar-refractivity contribution >= 4 is 17.1 Å². The Morgan fingerprint density at radius 1 is 1.82 bits per heavy atom. The fraction of sp³-hybridized carbons (Fsp3) is 0.429. The van der Waals surface area contributed by atoms with E-state index in [1.165, 1.54) is 11.3 Å². The van der Waals surface area contributed by atoms with E-state index in [4.69, 9.17) is 0 Å². The van der Waals surface area contributed by atoms with Crippen molar-refractivity contribution in [2.75, 3.05) is 13.6 Å². The van der Waals surface area contributed by atoms with Gasteiger partial charge in [0.15, 0.2) is 5.78 Å². The van der Waals surface area contributed by atoms with Gasteiger partial charge in [0.2, 0.25) is 0 Å². The SMILES string of the molecule is CNCCC(=O)c1cscn1. The molecule has 1 rings (SSSR count). The minimum Gasteiger partial charge on any atom is -0.319 e. The van der Waals surface area contributed by atoms with Crippen LogP contribution in [0.2, 0.25) is 0 Å². The first kappa shape index (κ1) is 8.36. The summed E-state index contributed by atoms with van der Waals surface area (Å²) in [7, 11) is 1.83. The highest BCUT2D eigenvalue weighted by Gasteiger charge is 2.05. The van der Waals surface area contributed by atoms with E-state index < -0.39 is 0 Å². The van der Waals surface area contributed by atoms with E-state index in [2.05, 4.69) is 10.3 Å². The van der Waals surface area contributed by atoms with E-state index in [9.17, 15) is 4.79 Å². The summed E-state index contributed by atoms with van der Waals surface area (Å²) in [6, 6.07) is 0. The molecule has 0 radical (unpaired) electrons. The molecule has 0 atom stereocenters. The van der Waals surface area contributed by atoms with Crippen LogP contribution >= 0.6 is 11.3 Å². The summed E-state index contributed by atoms with van der Waals surface area (Å²) in [5, 5.41) is 4.69. The first-order valence-electron chi connectivity index (χ1n) is 3.40. The van der Waals surface area contributed by atoms with Crippen LogP contribution in [0.4, 0.5) is 0 Å². The van der Waals surface area contributed by atoms with Gasteiger partial charge in [0, 0.05) is 18.3 Å². The number of Topliss-reactive ketones (excluding diaryl/α,β-unsaturated/α-hetero) is 1. The van der Waals surface area contributed by atoms with Gasteiger partial charge in [0.05, 0.1) is 5.51 Å². The molecule has 4 heteroatoms. The van der Waals surface area contributed by atoms with Crippen LogP contribution in [0, 0.1) is 0 Å². The summed E-state index contributed by atoms with van der Waals surface area (Å²) in [4.78, 5) is 15.1. The van der Waals surface area contributed by atoms with E-state index >= 15 is 0 Å². The zero-order valence-electron chi connectivity index (χ0n) is 6.33. The molecule has 1 heterocycles. The van der Waals surface area contributed by atoms with Gasteiger partial charge in [-0.25, -0.2) is 4.98 Å². The van der Waals surface area contributed by atoms with Gasteiger partial charge in [0.25, 0.3) is 0 Å². The number of hydrogen-bond acceptors (Lipinski definition) is 4. The lowest BCUT2D eigenvalue weighted by Crippen LogP contribution is -2.13. The molecular weight excluding hydrogens is 160 g/mol. The lowest BCUT2D eigenvalue weighted by molar-refractivity contribution is 0.0979. The van der Waals surface area contributed by atoms with Crippen molar-refractivity contribution in [3.63, 3.8) is 0 Å². The number of nitrogens with one attached hydrogen (secondary N) is 1. The second-order valence-corrected chi connectivity index (χ2v) is 2.87. The van der Waals surface area contributed by atoms with Crippen LogP contribution in [0.1, 0.15) is 16.9 Å². The molecule has 0 aliphatic carbocycles. The number of rotatable bonds is 4. The summed E-state index contributed by atoms with van der Waals surface area (Å²) in [6.07, 6.45) is 0.528. The molecule has 0 fully saturated rings. The van der Waals surface area contributed by atoms with Crippen LogP contribution in [0.5, 0.6) is 0 Å². The third kappa shape index (κ3) is 2.40. The predicted molar refractivity (Wildman–Crippen MR) is 45.0 cm³/mol. The molecule has 1 N–H and O–H groups in total. The average molecular weight is 170 g/mol. The number of nitrogens with zero attached hydrogens (tertiary/aromatic N) is 1. The molecular formula is C7H10N2OS. The Morgan fingerprint density at radius 2 is 2.64 bits per heavy atom. The molecule has 0 saturated carbocycles. The van der Waals surface area contributed by atoms with E-state index in [1.54, 1.807) is 10.9 Å². The molecule has 11 heavy (non-hydrogen) atoms. The van der Waals surface area contributed by atoms with Gasteiger partial charge in [0.1, 0.15) is 5.69 Å². The highest BCUT2D eigenvalue weighted by atomic mass is 32.1. The van der Waals surface area contributed by atoms with Crippen LogP contribution < -0.4 is 5.32 Å². The van der Waals surface area contributed by atoms with Gasteiger partial charge >= 0.3 is 0 Å². The van der Waals surface area contributed by atoms with Gasteiger partial charge in [-0.3, -0.25) is 4.79 Å². The highest BCUT2D eigenvalue weighted by Crippen LogP contribution is 2.03. The fourth-order valence-electron chi connectivity index (χ4n) is 0.717. The lowest BCUT2D eigenvalue weighted by atomic mass is 10.2. The number of aromatic nitrogens is 1. The van der Waals surface area contributed by atoms with Gasteiger partial charge in [-0.05, 0) is 7.05 Å². The van der Waals surface area contributed by atoms with Crippen molar-refractivity contribution in [1.82, 2.24) is 10.3 Å². The maximum Gasteiger partial charge on any atom is 0.183 e. The molecule has 3 nitrogen and oxygen atoms in total. The lowest BCUT2D eigenvalue weighted by Gasteiger charge is -1.94. The summed E-state index contributed by atoms with van der Waals surface area (Å²) in [5.74, 6) is 0.112. The minimum absolute atomic E-state index is 0.112. The van der Waals surface area contributed by atoms with Crippen molar-refractivity contribution in [2.45, 2.75) is 6.42 Å². The minimum atomic E-state index is 0.112. The summed E-state index contributed by atoms with van der Waals surface area (Å²) in [5.41, 5.74) is 2.26. The molecule has 60 valence electrons. The number of thiazole rings is 1. The molecule has 0 spiro atoms. The monoisotopic (exact) mass is 170 g/mol. The van der Waals surface area contributed by atoms with Crippen molar-refractivity contribution in [1.29, 1.82) is 0 Å². The fourth-order valence-corrected chi connectivity index (χ4v) is 1.27. The van der Waals surface area contributed by atoms with E-state index in [0.29, 0.717) is 12.1 Å². The first-order chi connectivity index (χ1) is 5.34. The number of carbonyl (C=O) groups is 1. The Morgan fingerprint density at radius 3 is 3.18 bits per heavy atom. The predicted octanol–water partition coefficient (Wildman–Crippen LogP) is 0.935. The van der Waals surface area contributed by atoms with E-state index in [-0.39, 0.29) is 5.78 Å². The highest BCUT2D eigenvalue weighted by molar-refractivity contribution is 7.07. The third-order valence-electron chi connectivity index (χ3n) is 1.32. The quantitative estimate of drug-likeness (QED) is 0.684. The van der Waals surface area contributed by atoms with Gasteiger partial charge in [-0.2, -0.15) is 0 Å². The maximum absolute atomic E-state index is 11.2. The Kier molecular flexibility index (Phi) is 3.19. The zero-order chi connectivity index (χ0) is 8.10.